The van der Waals surface area contributed by atoms with Crippen molar-refractivity contribution in [1.29, 1.82) is 0 Å². The van der Waals surface area contributed by atoms with Gasteiger partial charge in [-0.1, -0.05) is 26.2 Å². The Kier molecular flexibility index (Phi) is 3.61. The predicted molar refractivity (Wildman–Crippen MR) is 49.3 cm³/mol. The SMILES string of the molecule is [CH2]C(C)SC1CCCCC1. The molecule has 1 fully saturated rings. The number of hydrogen-bond donors (Lipinski definition) is 0. The smallest absolute Gasteiger partial charge is 0.00497 e. The van der Waals surface area contributed by atoms with Crippen LogP contribution in [0.3, 0.4) is 0 Å². The van der Waals surface area contributed by atoms with Crippen LogP contribution >= 0.6 is 11.8 Å². The van der Waals surface area contributed by atoms with E-state index in [0.717, 1.165) is 5.25 Å². The highest BCUT2D eigenvalue weighted by atomic mass is 32.2. The van der Waals surface area contributed by atoms with Crippen LogP contribution in [-0.2, 0) is 0 Å². The lowest BCUT2D eigenvalue weighted by molar-refractivity contribution is 0.515. The third kappa shape index (κ3) is 2.96. The molecule has 1 atom stereocenters. The molecule has 0 N–H and O–H groups in total. The molecule has 0 aromatic heterocycles. The van der Waals surface area contributed by atoms with Crippen molar-refractivity contribution in [3.8, 4) is 0 Å². The fourth-order valence-electron chi connectivity index (χ4n) is 1.53. The molecule has 0 heterocycles. The summed E-state index contributed by atoms with van der Waals surface area (Å²) in [6, 6.07) is 0. The molecule has 1 rings (SSSR count). The Morgan fingerprint density at radius 1 is 1.30 bits per heavy atom. The summed E-state index contributed by atoms with van der Waals surface area (Å²) >= 11 is 2.06. The van der Waals surface area contributed by atoms with Crippen molar-refractivity contribution >= 4 is 11.8 Å². The van der Waals surface area contributed by atoms with E-state index in [-0.39, 0.29) is 0 Å². The number of rotatable bonds is 2. The van der Waals surface area contributed by atoms with Crippen LogP contribution in [-0.4, -0.2) is 10.5 Å². The average Bonchev–Trinajstić information content (AvgIpc) is 1.88. The summed E-state index contributed by atoms with van der Waals surface area (Å²) in [7, 11) is 0. The largest absolute Gasteiger partial charge is 0.155 e. The fourth-order valence-corrected chi connectivity index (χ4v) is 2.79. The van der Waals surface area contributed by atoms with Gasteiger partial charge in [0, 0.05) is 10.5 Å². The molecular formula is C9H17S. The Labute approximate surface area is 68.8 Å². The number of hydrogen-bond acceptors (Lipinski definition) is 1. The molecular weight excluding hydrogens is 140 g/mol. The van der Waals surface area contributed by atoms with Crippen LogP contribution in [0.5, 0.6) is 0 Å². The van der Waals surface area contributed by atoms with Gasteiger partial charge in [-0.3, -0.25) is 0 Å². The fraction of sp³-hybridized carbons (Fsp3) is 0.889. The Bertz CT molecular complexity index is 82.7. The average molecular weight is 157 g/mol. The molecule has 1 unspecified atom stereocenters. The van der Waals surface area contributed by atoms with Gasteiger partial charge < -0.3 is 0 Å². The molecule has 1 aliphatic carbocycles. The molecule has 1 aliphatic rings. The van der Waals surface area contributed by atoms with E-state index in [1.54, 1.807) is 0 Å². The lowest BCUT2D eigenvalue weighted by Gasteiger charge is -2.22. The van der Waals surface area contributed by atoms with E-state index in [1.165, 1.54) is 32.1 Å². The van der Waals surface area contributed by atoms with E-state index >= 15 is 0 Å². The second-order valence-corrected chi connectivity index (χ2v) is 4.95. The highest BCUT2D eigenvalue weighted by Crippen LogP contribution is 2.30. The summed E-state index contributed by atoms with van der Waals surface area (Å²) in [6.07, 6.45) is 7.23. The molecule has 0 spiro atoms. The van der Waals surface area contributed by atoms with Gasteiger partial charge in [-0.15, -0.1) is 0 Å². The van der Waals surface area contributed by atoms with Gasteiger partial charge in [0.05, 0.1) is 0 Å². The van der Waals surface area contributed by atoms with Crippen LogP contribution in [0.4, 0.5) is 0 Å². The van der Waals surface area contributed by atoms with Crippen molar-refractivity contribution in [3.05, 3.63) is 6.92 Å². The minimum Gasteiger partial charge on any atom is -0.155 e. The summed E-state index contributed by atoms with van der Waals surface area (Å²) in [5, 5.41) is 1.52. The normalized spacial score (nSPS) is 21.9. The summed E-state index contributed by atoms with van der Waals surface area (Å²) in [6.45, 7) is 6.19. The molecule has 0 aromatic carbocycles. The van der Waals surface area contributed by atoms with Crippen molar-refractivity contribution in [2.45, 2.75) is 49.5 Å². The molecule has 0 aromatic rings. The van der Waals surface area contributed by atoms with Crippen molar-refractivity contribution in [3.63, 3.8) is 0 Å². The molecule has 10 heavy (non-hydrogen) atoms. The second kappa shape index (κ2) is 4.27. The first-order valence-corrected chi connectivity index (χ1v) is 5.22. The van der Waals surface area contributed by atoms with E-state index in [0.29, 0.717) is 5.25 Å². The molecule has 0 amide bonds. The van der Waals surface area contributed by atoms with Gasteiger partial charge in [-0.25, -0.2) is 0 Å². The highest BCUT2D eigenvalue weighted by molar-refractivity contribution is 8.00. The van der Waals surface area contributed by atoms with Gasteiger partial charge in [0.25, 0.3) is 0 Å². The third-order valence-electron chi connectivity index (χ3n) is 1.98. The van der Waals surface area contributed by atoms with E-state index in [4.69, 9.17) is 0 Å². The van der Waals surface area contributed by atoms with Crippen LogP contribution in [0.1, 0.15) is 39.0 Å². The maximum Gasteiger partial charge on any atom is 0.00497 e. The van der Waals surface area contributed by atoms with Gasteiger partial charge in [0.1, 0.15) is 0 Å². The lowest BCUT2D eigenvalue weighted by Crippen LogP contribution is -2.10. The Morgan fingerprint density at radius 2 is 1.90 bits per heavy atom. The zero-order valence-electron chi connectivity index (χ0n) is 6.81. The molecule has 0 aliphatic heterocycles. The molecule has 0 nitrogen and oxygen atoms in total. The van der Waals surface area contributed by atoms with Gasteiger partial charge >= 0.3 is 0 Å². The molecule has 0 saturated heterocycles. The zero-order chi connectivity index (χ0) is 7.40. The Morgan fingerprint density at radius 3 is 2.40 bits per heavy atom. The first kappa shape index (κ1) is 8.45. The summed E-state index contributed by atoms with van der Waals surface area (Å²) < 4.78 is 0. The van der Waals surface area contributed by atoms with Crippen molar-refractivity contribution < 1.29 is 0 Å². The van der Waals surface area contributed by atoms with Crippen LogP contribution in [0, 0.1) is 6.92 Å². The summed E-state index contributed by atoms with van der Waals surface area (Å²) in [5.74, 6) is 0. The third-order valence-corrected chi connectivity index (χ3v) is 3.30. The van der Waals surface area contributed by atoms with Crippen molar-refractivity contribution in [2.75, 3.05) is 0 Å². The van der Waals surface area contributed by atoms with Crippen LogP contribution in [0.2, 0.25) is 0 Å². The van der Waals surface area contributed by atoms with Crippen molar-refractivity contribution in [1.82, 2.24) is 0 Å². The monoisotopic (exact) mass is 157 g/mol. The minimum atomic E-state index is 0.586. The summed E-state index contributed by atoms with van der Waals surface area (Å²) in [4.78, 5) is 0. The molecule has 1 saturated carbocycles. The lowest BCUT2D eigenvalue weighted by atomic mass is 10.0. The van der Waals surface area contributed by atoms with E-state index in [2.05, 4.69) is 25.6 Å². The quantitative estimate of drug-likeness (QED) is 0.593. The van der Waals surface area contributed by atoms with Crippen molar-refractivity contribution in [2.24, 2.45) is 0 Å². The summed E-state index contributed by atoms with van der Waals surface area (Å²) in [5.41, 5.74) is 0. The molecule has 1 radical (unpaired) electrons. The molecule has 59 valence electrons. The standard InChI is InChI=1S/C9H17S/c1-8(2)10-9-6-4-3-5-7-9/h8-9H,1,3-7H2,2H3. The first-order valence-electron chi connectivity index (χ1n) is 4.27. The zero-order valence-corrected chi connectivity index (χ0v) is 7.62. The Hall–Kier alpha value is 0.350. The molecule has 0 bridgehead atoms. The predicted octanol–water partition coefficient (Wildman–Crippen LogP) is 3.27. The van der Waals surface area contributed by atoms with E-state index < -0.39 is 0 Å². The van der Waals surface area contributed by atoms with E-state index in [9.17, 15) is 0 Å². The minimum absolute atomic E-state index is 0.586. The van der Waals surface area contributed by atoms with E-state index in [1.807, 2.05) is 0 Å². The van der Waals surface area contributed by atoms with Gasteiger partial charge in [0.15, 0.2) is 0 Å². The highest BCUT2D eigenvalue weighted by Gasteiger charge is 2.14. The topological polar surface area (TPSA) is 0 Å². The van der Waals surface area contributed by atoms with Crippen LogP contribution in [0.25, 0.3) is 0 Å². The van der Waals surface area contributed by atoms with Gasteiger partial charge in [-0.2, -0.15) is 11.8 Å². The van der Waals surface area contributed by atoms with Crippen LogP contribution in [0.15, 0.2) is 0 Å². The van der Waals surface area contributed by atoms with Gasteiger partial charge in [0.2, 0.25) is 0 Å². The maximum absolute atomic E-state index is 4.00. The van der Waals surface area contributed by atoms with Crippen LogP contribution < -0.4 is 0 Å². The molecule has 1 heteroatoms. The first-order chi connectivity index (χ1) is 4.79. The Balaban J connectivity index is 2.13. The maximum atomic E-state index is 4.00. The second-order valence-electron chi connectivity index (χ2n) is 3.21. The van der Waals surface area contributed by atoms with Gasteiger partial charge in [-0.05, 0) is 19.8 Å². The number of thioether (sulfide) groups is 1.